The Morgan fingerprint density at radius 1 is 1.33 bits per heavy atom. The van der Waals surface area contributed by atoms with E-state index in [4.69, 9.17) is 5.73 Å². The summed E-state index contributed by atoms with van der Waals surface area (Å²) in [6.45, 7) is 5.56. The molecule has 1 saturated carbocycles. The number of hydrogen-bond acceptors (Lipinski definition) is 5. The summed E-state index contributed by atoms with van der Waals surface area (Å²) >= 11 is 0. The second kappa shape index (κ2) is 4.86. The van der Waals surface area contributed by atoms with E-state index in [9.17, 15) is 4.79 Å². The van der Waals surface area contributed by atoms with Crippen molar-refractivity contribution in [2.24, 2.45) is 5.41 Å². The number of carbonyl (C=O) groups excluding carboxylic acids is 1. The number of nitrogens with one attached hydrogen (secondary N) is 2. The topological polar surface area (TPSA) is 92.9 Å². The molecule has 2 bridgehead atoms. The largest absolute Gasteiger partial charge is 0.383 e. The number of aromatic nitrogens is 2. The molecule has 1 aromatic heterocycles. The fraction of sp³-hybridized carbons (Fsp3) is 0.667. The third kappa shape index (κ3) is 2.66. The first kappa shape index (κ1) is 14.1. The highest BCUT2D eigenvalue weighted by Crippen LogP contribution is 2.43. The van der Waals surface area contributed by atoms with Gasteiger partial charge in [-0.05, 0) is 25.2 Å². The molecule has 2 aliphatic rings. The van der Waals surface area contributed by atoms with Crippen LogP contribution in [-0.4, -0.2) is 21.9 Å². The Morgan fingerprint density at radius 3 is 2.81 bits per heavy atom. The first-order valence-corrected chi connectivity index (χ1v) is 7.60. The molecule has 6 heteroatoms. The van der Waals surface area contributed by atoms with E-state index in [0.29, 0.717) is 23.7 Å². The maximum absolute atomic E-state index is 12.1. The van der Waals surface area contributed by atoms with Gasteiger partial charge in [-0.15, -0.1) is 0 Å². The van der Waals surface area contributed by atoms with Gasteiger partial charge in [0.2, 0.25) is 11.9 Å². The Balaban J connectivity index is 1.91. The van der Waals surface area contributed by atoms with Crippen LogP contribution in [0.4, 0.5) is 17.6 Å². The third-order valence-corrected chi connectivity index (χ3v) is 4.30. The van der Waals surface area contributed by atoms with Crippen LogP contribution < -0.4 is 16.4 Å². The summed E-state index contributed by atoms with van der Waals surface area (Å²) < 4.78 is 0. The fourth-order valence-electron chi connectivity index (χ4n) is 3.12. The van der Waals surface area contributed by atoms with Gasteiger partial charge in [-0.1, -0.05) is 27.2 Å². The number of rotatable bonds is 1. The van der Waals surface area contributed by atoms with Crippen LogP contribution in [0.25, 0.3) is 0 Å². The van der Waals surface area contributed by atoms with Gasteiger partial charge in [0.25, 0.3) is 0 Å². The van der Waals surface area contributed by atoms with E-state index in [0.717, 1.165) is 24.2 Å². The summed E-state index contributed by atoms with van der Waals surface area (Å²) in [5.41, 5.74) is 6.66. The zero-order valence-corrected chi connectivity index (χ0v) is 12.9. The minimum Gasteiger partial charge on any atom is -0.383 e. The van der Waals surface area contributed by atoms with Gasteiger partial charge in [-0.2, -0.15) is 9.97 Å². The number of nitrogens with two attached hydrogens (primary N) is 1. The van der Waals surface area contributed by atoms with E-state index in [-0.39, 0.29) is 5.91 Å². The Kier molecular flexibility index (Phi) is 3.26. The SMILES string of the molecule is CC(C)(C)C(=O)Nc1nc(N)c2c(n1)N[C@H]1CCC[C@@H]2C1. The first-order valence-electron chi connectivity index (χ1n) is 7.60. The molecular formula is C15H23N5O. The summed E-state index contributed by atoms with van der Waals surface area (Å²) in [5.74, 6) is 1.92. The minimum absolute atomic E-state index is 0.113. The summed E-state index contributed by atoms with van der Waals surface area (Å²) in [4.78, 5) is 20.8. The molecule has 0 saturated heterocycles. The molecule has 0 spiro atoms. The van der Waals surface area contributed by atoms with Gasteiger partial charge in [0.1, 0.15) is 11.6 Å². The lowest BCUT2D eigenvalue weighted by Crippen LogP contribution is -2.34. The normalized spacial score (nSPS) is 24.0. The highest BCUT2D eigenvalue weighted by Gasteiger charge is 2.33. The molecule has 0 unspecified atom stereocenters. The molecule has 114 valence electrons. The molecule has 1 aliphatic carbocycles. The zero-order valence-electron chi connectivity index (χ0n) is 12.9. The van der Waals surface area contributed by atoms with E-state index in [1.54, 1.807) is 0 Å². The maximum atomic E-state index is 12.1. The smallest absolute Gasteiger partial charge is 0.233 e. The van der Waals surface area contributed by atoms with Gasteiger partial charge in [0, 0.05) is 17.0 Å². The van der Waals surface area contributed by atoms with E-state index >= 15 is 0 Å². The molecule has 2 heterocycles. The summed E-state index contributed by atoms with van der Waals surface area (Å²) in [7, 11) is 0. The lowest BCUT2D eigenvalue weighted by atomic mass is 9.79. The van der Waals surface area contributed by atoms with E-state index in [1.165, 1.54) is 12.8 Å². The Morgan fingerprint density at radius 2 is 2.10 bits per heavy atom. The lowest BCUT2D eigenvalue weighted by molar-refractivity contribution is -0.123. The van der Waals surface area contributed by atoms with E-state index in [2.05, 4.69) is 20.6 Å². The number of anilines is 3. The van der Waals surface area contributed by atoms with Crippen LogP contribution in [0.1, 0.15) is 57.9 Å². The van der Waals surface area contributed by atoms with Crippen molar-refractivity contribution in [3.63, 3.8) is 0 Å². The molecule has 1 aromatic rings. The second-order valence-corrected chi connectivity index (χ2v) is 7.10. The van der Waals surface area contributed by atoms with Gasteiger partial charge < -0.3 is 11.1 Å². The lowest BCUT2D eigenvalue weighted by Gasteiger charge is -2.37. The zero-order chi connectivity index (χ0) is 15.2. The van der Waals surface area contributed by atoms with Crippen LogP contribution in [-0.2, 0) is 4.79 Å². The van der Waals surface area contributed by atoms with Crippen molar-refractivity contribution in [3.8, 4) is 0 Å². The van der Waals surface area contributed by atoms with Gasteiger partial charge in [-0.25, -0.2) is 0 Å². The van der Waals surface area contributed by atoms with Crippen molar-refractivity contribution >= 4 is 23.5 Å². The van der Waals surface area contributed by atoms with Crippen molar-refractivity contribution in [2.75, 3.05) is 16.4 Å². The molecule has 21 heavy (non-hydrogen) atoms. The van der Waals surface area contributed by atoms with Crippen molar-refractivity contribution in [2.45, 2.75) is 58.4 Å². The van der Waals surface area contributed by atoms with Crippen LogP contribution in [0.2, 0.25) is 0 Å². The van der Waals surface area contributed by atoms with Crippen molar-refractivity contribution in [3.05, 3.63) is 5.56 Å². The highest BCUT2D eigenvalue weighted by molar-refractivity contribution is 5.93. The minimum atomic E-state index is -0.488. The van der Waals surface area contributed by atoms with Gasteiger partial charge in [0.05, 0.1) is 0 Å². The Hall–Kier alpha value is -1.85. The molecule has 2 atom stereocenters. The van der Waals surface area contributed by atoms with Crippen LogP contribution >= 0.6 is 0 Å². The third-order valence-electron chi connectivity index (χ3n) is 4.30. The molecule has 3 rings (SSSR count). The van der Waals surface area contributed by atoms with Crippen LogP contribution in [0.3, 0.4) is 0 Å². The monoisotopic (exact) mass is 289 g/mol. The van der Waals surface area contributed by atoms with Crippen LogP contribution in [0, 0.1) is 5.41 Å². The highest BCUT2D eigenvalue weighted by atomic mass is 16.2. The van der Waals surface area contributed by atoms with Gasteiger partial charge in [-0.3, -0.25) is 10.1 Å². The molecule has 0 aromatic carbocycles. The standard InChI is InChI=1S/C15H23N5O/c1-15(2,3)13(21)20-14-18-11(16)10-8-5-4-6-9(7-8)17-12(10)19-14/h8-9H,4-7H2,1-3H3,(H4,16,17,18,19,20,21)/t8-,9+/m1/s1. The van der Waals surface area contributed by atoms with Gasteiger partial charge in [0.15, 0.2) is 0 Å². The molecule has 1 aliphatic heterocycles. The number of nitrogen functional groups attached to an aromatic ring is 1. The fourth-order valence-corrected chi connectivity index (χ4v) is 3.12. The molecular weight excluding hydrogens is 266 g/mol. The second-order valence-electron chi connectivity index (χ2n) is 7.10. The first-order chi connectivity index (χ1) is 9.84. The molecule has 4 N–H and O–H groups in total. The Labute approximate surface area is 124 Å². The van der Waals surface area contributed by atoms with Crippen molar-refractivity contribution < 1.29 is 4.79 Å². The number of nitrogens with zero attached hydrogens (tertiary/aromatic N) is 2. The quantitative estimate of drug-likeness (QED) is 0.738. The maximum Gasteiger partial charge on any atom is 0.233 e. The summed E-state index contributed by atoms with van der Waals surface area (Å²) in [6, 6.07) is 0.469. The van der Waals surface area contributed by atoms with E-state index < -0.39 is 5.41 Å². The number of hydrogen-bond donors (Lipinski definition) is 3. The van der Waals surface area contributed by atoms with Crippen LogP contribution in [0.5, 0.6) is 0 Å². The number of amides is 1. The molecule has 6 nitrogen and oxygen atoms in total. The van der Waals surface area contributed by atoms with E-state index in [1.807, 2.05) is 20.8 Å². The predicted molar refractivity (Wildman–Crippen MR) is 83.1 cm³/mol. The summed E-state index contributed by atoms with van der Waals surface area (Å²) in [5, 5.41) is 6.20. The molecule has 0 radical (unpaired) electrons. The van der Waals surface area contributed by atoms with Crippen molar-refractivity contribution in [1.82, 2.24) is 9.97 Å². The molecule has 1 fully saturated rings. The van der Waals surface area contributed by atoms with Crippen molar-refractivity contribution in [1.29, 1.82) is 0 Å². The van der Waals surface area contributed by atoms with Gasteiger partial charge >= 0.3 is 0 Å². The average Bonchev–Trinajstić information content (AvgIpc) is 2.36. The number of carbonyl (C=O) groups is 1. The molecule has 1 amide bonds. The summed E-state index contributed by atoms with van der Waals surface area (Å²) in [6.07, 6.45) is 4.63. The van der Waals surface area contributed by atoms with Crippen LogP contribution in [0.15, 0.2) is 0 Å². The predicted octanol–water partition coefficient (Wildman–Crippen LogP) is 2.50. The number of fused-ring (bicyclic) bond motifs is 4. The average molecular weight is 289 g/mol. The Bertz CT molecular complexity index is 578.